The third-order valence-corrected chi connectivity index (χ3v) is 4.21. The molecule has 2 aromatic carbocycles. The number of nitrogens with one attached hydrogen (secondary N) is 1. The minimum absolute atomic E-state index is 0.0686. The maximum atomic E-state index is 12.4. The number of alkyl halides is 2. The summed E-state index contributed by atoms with van der Waals surface area (Å²) < 4.78 is 34.2. The average molecular weight is 410 g/mol. The molecule has 30 heavy (non-hydrogen) atoms. The number of benzene rings is 2. The fourth-order valence-electron chi connectivity index (χ4n) is 2.78. The Morgan fingerprint density at radius 2 is 1.73 bits per heavy atom. The average Bonchev–Trinajstić information content (AvgIpc) is 2.75. The van der Waals surface area contributed by atoms with Crippen molar-refractivity contribution in [3.63, 3.8) is 0 Å². The lowest BCUT2D eigenvalue weighted by molar-refractivity contribution is -0.111. The molecule has 5 nitrogen and oxygen atoms in total. The Hall–Kier alpha value is -3.74. The summed E-state index contributed by atoms with van der Waals surface area (Å²) in [4.78, 5) is 16.2. The molecule has 0 aliphatic heterocycles. The first kappa shape index (κ1) is 21.0. The van der Waals surface area contributed by atoms with Crippen LogP contribution in [0.15, 0.2) is 73.1 Å². The van der Waals surface area contributed by atoms with Gasteiger partial charge in [0.25, 0.3) is 0 Å². The van der Waals surface area contributed by atoms with E-state index < -0.39 is 6.61 Å². The van der Waals surface area contributed by atoms with Gasteiger partial charge in [-0.25, -0.2) is 0 Å². The van der Waals surface area contributed by atoms with Crippen molar-refractivity contribution in [2.75, 3.05) is 12.4 Å². The molecule has 1 aromatic heterocycles. The molecule has 0 atom stereocenters. The van der Waals surface area contributed by atoms with E-state index in [0.717, 1.165) is 17.5 Å². The van der Waals surface area contributed by atoms with Crippen molar-refractivity contribution in [1.29, 1.82) is 0 Å². The lowest BCUT2D eigenvalue weighted by Crippen LogP contribution is -2.07. The monoisotopic (exact) mass is 410 g/mol. The molecule has 1 heterocycles. The Morgan fingerprint density at radius 3 is 2.40 bits per heavy atom. The predicted molar refractivity (Wildman–Crippen MR) is 111 cm³/mol. The summed E-state index contributed by atoms with van der Waals surface area (Å²) in [6.07, 6.45) is 7.20. The van der Waals surface area contributed by atoms with Crippen LogP contribution in [0, 0.1) is 0 Å². The zero-order chi connectivity index (χ0) is 21.3. The third-order valence-electron chi connectivity index (χ3n) is 4.21. The topological polar surface area (TPSA) is 60.5 Å². The van der Waals surface area contributed by atoms with Crippen LogP contribution >= 0.6 is 0 Å². The summed E-state index contributed by atoms with van der Waals surface area (Å²) >= 11 is 0. The third kappa shape index (κ3) is 6.13. The van der Waals surface area contributed by atoms with Gasteiger partial charge in [0.1, 0.15) is 0 Å². The van der Waals surface area contributed by atoms with Crippen LogP contribution in [0.4, 0.5) is 14.5 Å². The molecule has 0 saturated heterocycles. The van der Waals surface area contributed by atoms with Crippen LogP contribution in [0.5, 0.6) is 11.5 Å². The number of hydrogen-bond donors (Lipinski definition) is 1. The first-order valence-electron chi connectivity index (χ1n) is 9.13. The molecule has 0 unspecified atom stereocenters. The quantitative estimate of drug-likeness (QED) is 0.535. The van der Waals surface area contributed by atoms with Crippen molar-refractivity contribution in [2.45, 2.75) is 13.0 Å². The van der Waals surface area contributed by atoms with Gasteiger partial charge in [-0.3, -0.25) is 9.78 Å². The van der Waals surface area contributed by atoms with Gasteiger partial charge in [-0.15, -0.1) is 0 Å². The molecule has 0 spiro atoms. The molecule has 1 N–H and O–H groups in total. The van der Waals surface area contributed by atoms with Gasteiger partial charge in [-0.05, 0) is 65.6 Å². The van der Waals surface area contributed by atoms with Crippen molar-refractivity contribution >= 4 is 17.7 Å². The normalized spacial score (nSPS) is 10.9. The van der Waals surface area contributed by atoms with Gasteiger partial charge in [-0.1, -0.05) is 18.2 Å². The number of hydrogen-bond acceptors (Lipinski definition) is 4. The highest BCUT2D eigenvalue weighted by Gasteiger charge is 2.10. The molecule has 7 heteroatoms. The fourth-order valence-corrected chi connectivity index (χ4v) is 2.78. The second-order valence-electron chi connectivity index (χ2n) is 6.34. The van der Waals surface area contributed by atoms with E-state index in [1.165, 1.54) is 25.3 Å². The lowest BCUT2D eigenvalue weighted by Gasteiger charge is -2.10. The van der Waals surface area contributed by atoms with Crippen molar-refractivity contribution in [2.24, 2.45) is 0 Å². The minimum atomic E-state index is -2.94. The van der Waals surface area contributed by atoms with E-state index in [1.807, 2.05) is 36.4 Å². The van der Waals surface area contributed by atoms with Gasteiger partial charge in [0, 0.05) is 24.2 Å². The number of aromatic nitrogens is 1. The summed E-state index contributed by atoms with van der Waals surface area (Å²) in [5.74, 6) is -0.229. The Bertz CT molecular complexity index is 1010. The fraction of sp³-hybridized carbons (Fsp3) is 0.130. The second-order valence-corrected chi connectivity index (χ2v) is 6.34. The van der Waals surface area contributed by atoms with Gasteiger partial charge >= 0.3 is 6.61 Å². The second kappa shape index (κ2) is 10.2. The van der Waals surface area contributed by atoms with Crippen molar-refractivity contribution in [3.8, 4) is 11.5 Å². The number of amides is 1. The molecule has 3 aromatic rings. The zero-order valence-corrected chi connectivity index (χ0v) is 16.2. The first-order chi connectivity index (χ1) is 14.5. The molecular formula is C23H20F2N2O3. The highest BCUT2D eigenvalue weighted by molar-refractivity contribution is 6.01. The number of ether oxygens (including phenoxy) is 2. The van der Waals surface area contributed by atoms with Gasteiger partial charge in [0.05, 0.1) is 7.11 Å². The largest absolute Gasteiger partial charge is 0.493 e. The maximum absolute atomic E-state index is 12.4. The van der Waals surface area contributed by atoms with Crippen LogP contribution in [-0.2, 0) is 11.2 Å². The van der Waals surface area contributed by atoms with E-state index in [1.54, 1.807) is 24.5 Å². The Morgan fingerprint density at radius 1 is 1.03 bits per heavy atom. The number of rotatable bonds is 8. The van der Waals surface area contributed by atoms with Crippen molar-refractivity contribution < 1.29 is 23.0 Å². The van der Waals surface area contributed by atoms with E-state index in [0.29, 0.717) is 11.3 Å². The van der Waals surface area contributed by atoms with Crippen LogP contribution in [0.1, 0.15) is 16.7 Å². The predicted octanol–water partition coefficient (Wildman–Crippen LogP) is 4.93. The molecule has 0 radical (unpaired) electrons. The number of pyridine rings is 1. The number of nitrogens with zero attached hydrogens (tertiary/aromatic N) is 1. The highest BCUT2D eigenvalue weighted by atomic mass is 19.3. The Labute approximate surface area is 173 Å². The Balaban J connectivity index is 1.59. The van der Waals surface area contributed by atoms with E-state index >= 15 is 0 Å². The number of halogens is 2. The van der Waals surface area contributed by atoms with Gasteiger partial charge in [0.2, 0.25) is 5.91 Å². The standard InChI is InChI=1S/C23H20F2N2O3/c1-29-21-15-17(4-8-20(21)30-23(24)25)5-9-22(28)27-19-6-2-16(3-7-19)14-18-10-12-26-13-11-18/h2-13,15,23H,14H2,1H3,(H,27,28)/b9-5+. The zero-order valence-electron chi connectivity index (χ0n) is 16.2. The molecule has 154 valence electrons. The molecule has 0 saturated carbocycles. The molecule has 0 fully saturated rings. The number of carbonyl (C=O) groups is 1. The Kier molecular flexibility index (Phi) is 7.10. The smallest absolute Gasteiger partial charge is 0.387 e. The van der Waals surface area contributed by atoms with Crippen LogP contribution in [0.25, 0.3) is 6.08 Å². The van der Waals surface area contributed by atoms with E-state index in [4.69, 9.17) is 4.74 Å². The SMILES string of the molecule is COc1cc(/C=C/C(=O)Nc2ccc(Cc3ccncc3)cc2)ccc1OC(F)F. The van der Waals surface area contributed by atoms with E-state index in [9.17, 15) is 13.6 Å². The molecule has 0 aliphatic rings. The van der Waals surface area contributed by atoms with E-state index in [2.05, 4.69) is 15.0 Å². The number of carbonyl (C=O) groups excluding carboxylic acids is 1. The number of methoxy groups -OCH3 is 1. The van der Waals surface area contributed by atoms with Crippen molar-refractivity contribution in [3.05, 3.63) is 89.8 Å². The maximum Gasteiger partial charge on any atom is 0.387 e. The van der Waals surface area contributed by atoms with Crippen LogP contribution < -0.4 is 14.8 Å². The van der Waals surface area contributed by atoms with Crippen LogP contribution in [-0.4, -0.2) is 24.6 Å². The van der Waals surface area contributed by atoms with Gasteiger partial charge in [0.15, 0.2) is 11.5 Å². The minimum Gasteiger partial charge on any atom is -0.493 e. The van der Waals surface area contributed by atoms with Gasteiger partial charge in [-0.2, -0.15) is 8.78 Å². The molecule has 1 amide bonds. The summed E-state index contributed by atoms with van der Waals surface area (Å²) in [5.41, 5.74) is 3.55. The number of anilines is 1. The highest BCUT2D eigenvalue weighted by Crippen LogP contribution is 2.29. The van der Waals surface area contributed by atoms with E-state index in [-0.39, 0.29) is 17.4 Å². The molecule has 0 aliphatic carbocycles. The summed E-state index contributed by atoms with van der Waals surface area (Å²) in [7, 11) is 1.35. The summed E-state index contributed by atoms with van der Waals surface area (Å²) in [6.45, 7) is -2.94. The summed E-state index contributed by atoms with van der Waals surface area (Å²) in [5, 5.41) is 2.78. The van der Waals surface area contributed by atoms with Crippen LogP contribution in [0.3, 0.4) is 0 Å². The lowest BCUT2D eigenvalue weighted by atomic mass is 10.1. The summed E-state index contributed by atoms with van der Waals surface area (Å²) in [6, 6.07) is 15.9. The first-order valence-corrected chi connectivity index (χ1v) is 9.13. The molecule has 0 bridgehead atoms. The van der Waals surface area contributed by atoms with Crippen molar-refractivity contribution in [1.82, 2.24) is 4.98 Å². The van der Waals surface area contributed by atoms with Gasteiger partial charge < -0.3 is 14.8 Å². The molecular weight excluding hydrogens is 390 g/mol. The molecule has 3 rings (SSSR count). The van der Waals surface area contributed by atoms with Crippen LogP contribution in [0.2, 0.25) is 0 Å².